The van der Waals surface area contributed by atoms with E-state index in [1.165, 1.54) is 11.9 Å². The molecule has 314 valence electrons. The van der Waals surface area contributed by atoms with Crippen molar-refractivity contribution in [1.82, 2.24) is 15.5 Å². The van der Waals surface area contributed by atoms with Crippen LogP contribution in [0.1, 0.15) is 51.3 Å². The monoisotopic (exact) mass is 827 g/mol. The summed E-state index contributed by atoms with van der Waals surface area (Å²) >= 11 is 0. The first-order valence-electron chi connectivity index (χ1n) is 20.6. The molecule has 0 radical (unpaired) electrons. The fourth-order valence-electron chi connectivity index (χ4n) is 7.61. The van der Waals surface area contributed by atoms with Gasteiger partial charge in [0.15, 0.2) is 11.5 Å². The highest BCUT2D eigenvalue weighted by Gasteiger charge is 2.50. The van der Waals surface area contributed by atoms with Gasteiger partial charge in [0, 0.05) is 13.5 Å². The first-order chi connectivity index (χ1) is 28.9. The summed E-state index contributed by atoms with van der Waals surface area (Å²) in [5.41, 5.74) is 2.52. The molecule has 2 N–H and O–H groups in total. The second-order valence-electron chi connectivity index (χ2n) is 16.6. The molecule has 1 heterocycles. The molecule has 0 spiro atoms. The summed E-state index contributed by atoms with van der Waals surface area (Å²) in [6.07, 6.45) is -0.557. The number of nitrogens with zero attached hydrogens (tertiary/aromatic N) is 1. The van der Waals surface area contributed by atoms with Crippen molar-refractivity contribution in [3.05, 3.63) is 156 Å². The molecule has 0 aromatic heterocycles. The van der Waals surface area contributed by atoms with Crippen LogP contribution in [0.4, 0.5) is 4.79 Å². The van der Waals surface area contributed by atoms with Crippen LogP contribution in [0.2, 0.25) is 5.04 Å². The highest BCUT2D eigenvalue weighted by molar-refractivity contribution is 6.99. The van der Waals surface area contributed by atoms with Gasteiger partial charge in [-0.3, -0.25) is 14.5 Å². The third-order valence-electron chi connectivity index (χ3n) is 10.9. The van der Waals surface area contributed by atoms with Crippen molar-refractivity contribution >= 4 is 36.6 Å². The van der Waals surface area contributed by atoms with Gasteiger partial charge in [-0.15, -0.1) is 0 Å². The predicted molar refractivity (Wildman–Crippen MR) is 237 cm³/mol. The number of carbonyl (C=O) groups is 3. The van der Waals surface area contributed by atoms with Crippen LogP contribution in [0, 0.1) is 5.92 Å². The van der Waals surface area contributed by atoms with E-state index in [2.05, 4.69) is 55.7 Å². The van der Waals surface area contributed by atoms with E-state index >= 15 is 0 Å². The SMILES string of the molecule is CC(C)C1NC(=O)C(N(C)C(=O)OCc2ccccc2)Cc2ccc(OCc3ccccc3)c(c2)OCC(CO[Si](c2ccccc2)(c2ccccc2)C(C)(C)C)NC1=O. The fraction of sp³-hybridized carbons (Fsp3) is 0.327. The summed E-state index contributed by atoms with van der Waals surface area (Å²) in [5.74, 6) is -0.256. The summed E-state index contributed by atoms with van der Waals surface area (Å²) in [6.45, 7) is 10.9. The van der Waals surface area contributed by atoms with E-state index in [4.69, 9.17) is 18.6 Å². The largest absolute Gasteiger partial charge is 0.487 e. The number of fused-ring (bicyclic) bond motifs is 2. The number of nitrogens with one attached hydrogen (secondary N) is 2. The molecular formula is C49H57N3O7Si. The van der Waals surface area contributed by atoms with E-state index in [0.717, 1.165) is 27.1 Å². The number of carbonyl (C=O) groups excluding carboxylic acids is 3. The number of hydrogen-bond donors (Lipinski definition) is 2. The van der Waals surface area contributed by atoms with Crippen molar-refractivity contribution in [3.8, 4) is 11.5 Å². The fourth-order valence-corrected chi connectivity index (χ4v) is 12.2. The number of benzene rings is 5. The summed E-state index contributed by atoms with van der Waals surface area (Å²) < 4.78 is 25.9. The van der Waals surface area contributed by atoms with Crippen molar-refractivity contribution in [3.63, 3.8) is 0 Å². The molecule has 5 aromatic rings. The third kappa shape index (κ3) is 10.6. The van der Waals surface area contributed by atoms with Gasteiger partial charge >= 0.3 is 6.09 Å². The van der Waals surface area contributed by atoms with Crippen molar-refractivity contribution in [2.75, 3.05) is 20.3 Å². The van der Waals surface area contributed by atoms with E-state index < -0.39 is 44.4 Å². The van der Waals surface area contributed by atoms with Crippen molar-refractivity contribution in [2.45, 2.75) is 77.4 Å². The lowest BCUT2D eigenvalue weighted by molar-refractivity contribution is -0.133. The Morgan fingerprint density at radius 2 is 1.32 bits per heavy atom. The second kappa shape index (κ2) is 19.9. The maximum absolute atomic E-state index is 14.4. The number of amides is 3. The molecule has 3 unspecified atom stereocenters. The van der Waals surface area contributed by atoms with E-state index in [9.17, 15) is 14.4 Å². The lowest BCUT2D eigenvalue weighted by Crippen LogP contribution is -2.67. The Labute approximate surface area is 355 Å². The Balaban J connectivity index is 1.35. The first kappa shape index (κ1) is 43.7. The van der Waals surface area contributed by atoms with Crippen LogP contribution in [0.15, 0.2) is 140 Å². The Kier molecular flexibility index (Phi) is 14.5. The van der Waals surface area contributed by atoms with Crippen LogP contribution < -0.4 is 30.5 Å². The highest BCUT2D eigenvalue weighted by atomic mass is 28.4. The standard InChI is InChI=1S/C49H57N3O7Si/c1-35(2)45-47(54)50-39(34-59-60(49(3,4)5,40-23-15-9-16-24-40)41-25-17-10-18-26-41)33-57-44-30-38(27-28-43(44)56-31-36-19-11-7-12-20-36)29-42(46(53)51-45)52(6)48(55)58-32-37-21-13-8-14-22-37/h7-28,30,35,39,42,45H,29,31-34H2,1-6H3,(H,50,54)(H,51,53). The molecule has 60 heavy (non-hydrogen) atoms. The van der Waals surface area contributed by atoms with Crippen molar-refractivity contribution in [2.24, 2.45) is 5.92 Å². The van der Waals surface area contributed by atoms with E-state index in [-0.39, 0.29) is 37.2 Å². The normalized spacial score (nSPS) is 17.5. The zero-order valence-corrected chi connectivity index (χ0v) is 36.4. The van der Waals surface area contributed by atoms with Crippen LogP contribution in [-0.2, 0) is 38.4 Å². The molecule has 3 atom stereocenters. The predicted octanol–water partition coefficient (Wildman–Crippen LogP) is 7.04. The minimum absolute atomic E-state index is 0.0399. The third-order valence-corrected chi connectivity index (χ3v) is 15.9. The Bertz CT molecular complexity index is 2130. The number of hydrogen-bond acceptors (Lipinski definition) is 7. The Morgan fingerprint density at radius 3 is 1.87 bits per heavy atom. The summed E-state index contributed by atoms with van der Waals surface area (Å²) in [7, 11) is -1.48. The summed E-state index contributed by atoms with van der Waals surface area (Å²) in [4.78, 5) is 43.6. The molecular weight excluding hydrogens is 771 g/mol. The van der Waals surface area contributed by atoms with Gasteiger partial charge in [-0.05, 0) is 50.2 Å². The quantitative estimate of drug-likeness (QED) is 0.130. The van der Waals surface area contributed by atoms with Crippen LogP contribution in [-0.4, -0.2) is 69.5 Å². The van der Waals surface area contributed by atoms with Gasteiger partial charge in [-0.2, -0.15) is 0 Å². The molecule has 6 rings (SSSR count). The molecule has 3 amide bonds. The molecule has 0 fully saturated rings. The maximum Gasteiger partial charge on any atom is 0.410 e. The van der Waals surface area contributed by atoms with Crippen LogP contribution in [0.25, 0.3) is 0 Å². The molecule has 2 bridgehead atoms. The smallest absolute Gasteiger partial charge is 0.410 e. The van der Waals surface area contributed by atoms with Gasteiger partial charge in [0.1, 0.15) is 31.9 Å². The molecule has 0 aliphatic carbocycles. The molecule has 0 saturated carbocycles. The van der Waals surface area contributed by atoms with E-state index in [1.54, 1.807) is 0 Å². The van der Waals surface area contributed by atoms with Gasteiger partial charge < -0.3 is 29.3 Å². The maximum atomic E-state index is 14.4. The van der Waals surface area contributed by atoms with Gasteiger partial charge in [0.05, 0.1) is 12.6 Å². The van der Waals surface area contributed by atoms with Gasteiger partial charge in [-0.25, -0.2) is 4.79 Å². The summed E-state index contributed by atoms with van der Waals surface area (Å²) in [5, 5.41) is 8.09. The van der Waals surface area contributed by atoms with E-state index in [1.807, 2.05) is 129 Å². The number of likely N-dealkylation sites (N-methyl/N-ethyl adjacent to an activating group) is 1. The zero-order chi connectivity index (χ0) is 42.7. The van der Waals surface area contributed by atoms with Crippen LogP contribution in [0.3, 0.4) is 0 Å². The summed E-state index contributed by atoms with van der Waals surface area (Å²) in [6, 6.07) is 42.7. The van der Waals surface area contributed by atoms with E-state index in [0.29, 0.717) is 18.1 Å². The van der Waals surface area contributed by atoms with Crippen LogP contribution >= 0.6 is 0 Å². The molecule has 1 aliphatic heterocycles. The minimum atomic E-state index is -3.02. The minimum Gasteiger partial charge on any atom is -0.487 e. The number of rotatable bonds is 12. The van der Waals surface area contributed by atoms with Gasteiger partial charge in [0.25, 0.3) is 8.32 Å². The first-order valence-corrected chi connectivity index (χ1v) is 22.5. The molecule has 5 aromatic carbocycles. The Hall–Kier alpha value is -5.91. The van der Waals surface area contributed by atoms with Gasteiger partial charge in [-0.1, -0.05) is 162 Å². The molecule has 1 aliphatic rings. The average molecular weight is 828 g/mol. The molecule has 0 saturated heterocycles. The number of ether oxygens (including phenoxy) is 3. The van der Waals surface area contributed by atoms with Crippen molar-refractivity contribution < 1.29 is 33.0 Å². The second-order valence-corrected chi connectivity index (χ2v) is 21.0. The Morgan fingerprint density at radius 1 is 0.767 bits per heavy atom. The topological polar surface area (TPSA) is 115 Å². The van der Waals surface area contributed by atoms with Crippen molar-refractivity contribution in [1.29, 1.82) is 0 Å². The molecule has 11 heteroatoms. The van der Waals surface area contributed by atoms with Crippen LogP contribution in [0.5, 0.6) is 11.5 Å². The molecule has 10 nitrogen and oxygen atoms in total. The average Bonchev–Trinajstić information content (AvgIpc) is 3.26. The highest BCUT2D eigenvalue weighted by Crippen LogP contribution is 2.37. The van der Waals surface area contributed by atoms with Gasteiger partial charge in [0.2, 0.25) is 11.8 Å². The zero-order valence-electron chi connectivity index (χ0n) is 35.4. The lowest BCUT2D eigenvalue weighted by atomic mass is 10.00. The lowest BCUT2D eigenvalue weighted by Gasteiger charge is -2.43.